The van der Waals surface area contributed by atoms with Crippen LogP contribution in [0.25, 0.3) is 0 Å². The predicted octanol–water partition coefficient (Wildman–Crippen LogP) is 0.892. The van der Waals surface area contributed by atoms with Gasteiger partial charge in [0.15, 0.2) is 23.5 Å². The van der Waals surface area contributed by atoms with Crippen LogP contribution in [-0.4, -0.2) is 24.1 Å². The Hall–Kier alpha value is -2.24. The zero-order valence-electron chi connectivity index (χ0n) is 8.44. The van der Waals surface area contributed by atoms with Crippen molar-refractivity contribution in [1.29, 1.82) is 0 Å². The summed E-state index contributed by atoms with van der Waals surface area (Å²) in [6.07, 6.45) is 0.475. The zero-order valence-corrected chi connectivity index (χ0v) is 8.44. The smallest absolute Gasteiger partial charge is 0.231 e. The van der Waals surface area contributed by atoms with Gasteiger partial charge in [-0.15, -0.1) is 0 Å². The highest BCUT2D eigenvalue weighted by Crippen LogP contribution is 2.46. The Morgan fingerprint density at radius 2 is 2.31 bits per heavy atom. The van der Waals surface area contributed by atoms with E-state index in [2.05, 4.69) is 5.32 Å². The van der Waals surface area contributed by atoms with Crippen LogP contribution >= 0.6 is 0 Å². The van der Waals surface area contributed by atoms with Crippen molar-refractivity contribution < 1.29 is 24.2 Å². The molecule has 1 aromatic carbocycles. The Labute approximate surface area is 90.8 Å². The fraction of sp³-hybridized carbons (Fsp3) is 0.200. The first-order chi connectivity index (χ1) is 7.63. The lowest BCUT2D eigenvalue weighted by molar-refractivity contribution is -0.114. The monoisotopic (exact) mass is 223 g/mol. The van der Waals surface area contributed by atoms with Gasteiger partial charge in [0.25, 0.3) is 0 Å². The quantitative estimate of drug-likeness (QED) is 0.574. The second kappa shape index (κ2) is 3.73. The summed E-state index contributed by atoms with van der Waals surface area (Å²) >= 11 is 0. The van der Waals surface area contributed by atoms with Gasteiger partial charge in [0, 0.05) is 6.92 Å². The highest BCUT2D eigenvalue weighted by Gasteiger charge is 2.24. The third-order valence-corrected chi connectivity index (χ3v) is 2.09. The molecule has 1 aliphatic rings. The number of nitrogens with one attached hydrogen (secondary N) is 1. The van der Waals surface area contributed by atoms with Gasteiger partial charge in [-0.25, -0.2) is 0 Å². The maximum atomic E-state index is 11.0. The molecule has 6 nitrogen and oxygen atoms in total. The van der Waals surface area contributed by atoms with Crippen molar-refractivity contribution in [2.24, 2.45) is 0 Å². The molecule has 0 unspecified atom stereocenters. The standard InChI is InChI=1S/C10H9NO5/c1-5(13)11-8-9(14)6(3-12)2-7-10(8)16-4-15-7/h2-3,14H,4H2,1H3,(H,11,13). The summed E-state index contributed by atoms with van der Waals surface area (Å²) in [6.45, 7) is 1.28. The Balaban J connectivity index is 2.59. The first kappa shape index (κ1) is 10.3. The molecule has 0 aromatic heterocycles. The van der Waals surface area contributed by atoms with Crippen LogP contribution in [0.1, 0.15) is 17.3 Å². The first-order valence-corrected chi connectivity index (χ1v) is 4.52. The second-order valence-electron chi connectivity index (χ2n) is 3.22. The Morgan fingerprint density at radius 3 is 2.94 bits per heavy atom. The summed E-state index contributed by atoms with van der Waals surface area (Å²) in [5.41, 5.74) is 0.0950. The van der Waals surface area contributed by atoms with Gasteiger partial charge in [0.2, 0.25) is 12.7 Å². The summed E-state index contributed by atoms with van der Waals surface area (Å²) in [7, 11) is 0. The molecule has 1 aliphatic heterocycles. The minimum atomic E-state index is -0.379. The van der Waals surface area contributed by atoms with Crippen LogP contribution < -0.4 is 14.8 Å². The minimum Gasteiger partial charge on any atom is -0.505 e. The van der Waals surface area contributed by atoms with Crippen LogP contribution in [0.2, 0.25) is 0 Å². The van der Waals surface area contributed by atoms with E-state index in [0.717, 1.165) is 0 Å². The lowest BCUT2D eigenvalue weighted by Crippen LogP contribution is -2.07. The van der Waals surface area contributed by atoms with Crippen LogP contribution in [0.5, 0.6) is 17.2 Å². The second-order valence-corrected chi connectivity index (χ2v) is 3.22. The molecule has 84 valence electrons. The molecule has 0 saturated carbocycles. The number of phenolic OH excluding ortho intramolecular Hbond substituents is 1. The molecule has 2 rings (SSSR count). The summed E-state index contributed by atoms with van der Waals surface area (Å²) in [5, 5.41) is 12.1. The van der Waals surface area contributed by atoms with Crippen LogP contribution in [-0.2, 0) is 4.79 Å². The van der Waals surface area contributed by atoms with Crippen LogP contribution in [0.3, 0.4) is 0 Å². The van der Waals surface area contributed by atoms with Gasteiger partial charge in [0.05, 0.1) is 5.56 Å². The molecule has 1 amide bonds. The van der Waals surface area contributed by atoms with E-state index >= 15 is 0 Å². The molecular formula is C10H9NO5. The van der Waals surface area contributed by atoms with Crippen molar-refractivity contribution in [1.82, 2.24) is 0 Å². The van der Waals surface area contributed by atoms with E-state index in [9.17, 15) is 14.7 Å². The topological polar surface area (TPSA) is 84.9 Å². The molecule has 0 bridgehead atoms. The van der Waals surface area contributed by atoms with Crippen LogP contribution in [0.4, 0.5) is 5.69 Å². The summed E-state index contributed by atoms with van der Waals surface area (Å²) < 4.78 is 10.2. The van der Waals surface area contributed by atoms with Crippen molar-refractivity contribution in [2.75, 3.05) is 12.1 Å². The van der Waals surface area contributed by atoms with Gasteiger partial charge < -0.3 is 19.9 Å². The number of phenols is 1. The third-order valence-electron chi connectivity index (χ3n) is 2.09. The molecule has 0 spiro atoms. The number of hydrogen-bond acceptors (Lipinski definition) is 5. The fourth-order valence-electron chi connectivity index (χ4n) is 1.43. The maximum absolute atomic E-state index is 11.0. The number of ether oxygens (including phenoxy) is 2. The first-order valence-electron chi connectivity index (χ1n) is 4.52. The number of rotatable bonds is 2. The van der Waals surface area contributed by atoms with Crippen LogP contribution in [0, 0.1) is 0 Å². The van der Waals surface area contributed by atoms with Gasteiger partial charge in [-0.05, 0) is 6.07 Å². The molecule has 0 radical (unpaired) electrons. The van der Waals surface area contributed by atoms with Gasteiger partial charge in [-0.3, -0.25) is 9.59 Å². The van der Waals surface area contributed by atoms with Gasteiger partial charge in [0.1, 0.15) is 5.69 Å². The average Bonchev–Trinajstić information content (AvgIpc) is 2.69. The van der Waals surface area contributed by atoms with E-state index in [1.165, 1.54) is 13.0 Å². The molecule has 1 heterocycles. The van der Waals surface area contributed by atoms with E-state index in [4.69, 9.17) is 9.47 Å². The van der Waals surface area contributed by atoms with E-state index in [1.807, 2.05) is 0 Å². The van der Waals surface area contributed by atoms with Gasteiger partial charge in [-0.2, -0.15) is 0 Å². The highest BCUT2D eigenvalue weighted by atomic mass is 16.7. The molecule has 0 atom stereocenters. The SMILES string of the molecule is CC(=O)Nc1c(O)c(C=O)cc2c1OCO2. The number of aldehydes is 1. The van der Waals surface area contributed by atoms with Crippen molar-refractivity contribution in [3.63, 3.8) is 0 Å². The van der Waals surface area contributed by atoms with Crippen molar-refractivity contribution in [3.05, 3.63) is 11.6 Å². The van der Waals surface area contributed by atoms with Crippen LogP contribution in [0.15, 0.2) is 6.07 Å². The Kier molecular flexibility index (Phi) is 2.40. The molecule has 6 heteroatoms. The van der Waals surface area contributed by atoms with E-state index < -0.39 is 0 Å². The van der Waals surface area contributed by atoms with Gasteiger partial charge >= 0.3 is 0 Å². The van der Waals surface area contributed by atoms with Gasteiger partial charge in [-0.1, -0.05) is 0 Å². The average molecular weight is 223 g/mol. The minimum absolute atomic E-state index is 0.0102. The molecule has 2 N–H and O–H groups in total. The number of carbonyl (C=O) groups excluding carboxylic acids is 2. The number of aromatic hydroxyl groups is 1. The lowest BCUT2D eigenvalue weighted by Gasteiger charge is -2.10. The van der Waals surface area contributed by atoms with E-state index in [1.54, 1.807) is 0 Å². The fourth-order valence-corrected chi connectivity index (χ4v) is 1.43. The number of amides is 1. The normalized spacial score (nSPS) is 12.3. The van der Waals surface area contributed by atoms with E-state index in [-0.39, 0.29) is 35.4 Å². The molecule has 0 saturated heterocycles. The summed E-state index contributed by atoms with van der Waals surface area (Å²) in [5.74, 6) is -0.146. The third kappa shape index (κ3) is 1.54. The number of carbonyl (C=O) groups is 2. The molecule has 0 aliphatic carbocycles. The van der Waals surface area contributed by atoms with Crippen molar-refractivity contribution >= 4 is 17.9 Å². The Bertz CT molecular complexity index is 469. The molecule has 1 aromatic rings. The molecule has 16 heavy (non-hydrogen) atoms. The van der Waals surface area contributed by atoms with Crippen molar-refractivity contribution in [2.45, 2.75) is 6.92 Å². The predicted molar refractivity (Wildman–Crippen MR) is 53.9 cm³/mol. The van der Waals surface area contributed by atoms with E-state index in [0.29, 0.717) is 12.0 Å². The Morgan fingerprint density at radius 1 is 1.56 bits per heavy atom. The molecular weight excluding hydrogens is 214 g/mol. The highest BCUT2D eigenvalue weighted by molar-refractivity contribution is 5.97. The summed E-state index contributed by atoms with van der Waals surface area (Å²) in [6, 6.07) is 1.36. The zero-order chi connectivity index (χ0) is 11.7. The van der Waals surface area contributed by atoms with Crippen molar-refractivity contribution in [3.8, 4) is 17.2 Å². The number of benzene rings is 1. The number of fused-ring (bicyclic) bond motifs is 1. The molecule has 0 fully saturated rings. The number of anilines is 1. The maximum Gasteiger partial charge on any atom is 0.231 e. The largest absolute Gasteiger partial charge is 0.505 e. The lowest BCUT2D eigenvalue weighted by atomic mass is 10.1. The number of hydrogen-bond donors (Lipinski definition) is 2. The summed E-state index contributed by atoms with van der Waals surface area (Å²) in [4.78, 5) is 21.7.